The standard InChI is InChI=1S/C41H62O15/c1-17-11-28(45)41(50-16-17)18(2)30-26(56-41)14-25-23-8-7-21-12-22(44)13-29(40(21,6)24(23)9-10-39(25,30)5)54-38-36(32(47)31(46)27(15-42)53-38)55-37-34(49)33(48)35(19(3)51-37)52-20(4)43/h7,18-19,22-38,42,44-49H,1,8-16H2,2-6H3/t18-,19-,22+,23+,24-,25-,26-,27+,28-,29+,30-,31-,32-,33-,34+,35-,36+,37-,38-,39-,40-,41-/m0/s1. The number of aliphatic hydroxyl groups excluding tert-OH is 7. The summed E-state index contributed by atoms with van der Waals surface area (Å²) in [6, 6.07) is 0. The molecule has 15 nitrogen and oxygen atoms in total. The van der Waals surface area contributed by atoms with E-state index in [1.165, 1.54) is 13.8 Å². The first-order chi connectivity index (χ1) is 26.4. The van der Waals surface area contributed by atoms with Crippen LogP contribution in [0.4, 0.5) is 0 Å². The number of esters is 1. The quantitative estimate of drug-likeness (QED) is 0.146. The summed E-state index contributed by atoms with van der Waals surface area (Å²) in [6.07, 6.45) is -9.48. The van der Waals surface area contributed by atoms with Crippen molar-refractivity contribution in [2.45, 2.75) is 171 Å². The Balaban J connectivity index is 1.05. The minimum atomic E-state index is -1.71. The molecule has 7 N–H and O–H groups in total. The Morgan fingerprint density at radius 1 is 0.929 bits per heavy atom. The lowest BCUT2D eigenvalue weighted by Gasteiger charge is -2.60. The first-order valence-corrected chi connectivity index (χ1v) is 20.6. The van der Waals surface area contributed by atoms with Crippen LogP contribution in [0.2, 0.25) is 0 Å². The molecule has 4 heterocycles. The minimum Gasteiger partial charge on any atom is -0.457 e. The summed E-state index contributed by atoms with van der Waals surface area (Å²) in [4.78, 5) is 11.7. The largest absolute Gasteiger partial charge is 0.457 e. The zero-order valence-electron chi connectivity index (χ0n) is 33.0. The summed E-state index contributed by atoms with van der Waals surface area (Å²) in [7, 11) is 0. The van der Waals surface area contributed by atoms with Gasteiger partial charge in [-0.1, -0.05) is 39.0 Å². The van der Waals surface area contributed by atoms with Crippen LogP contribution in [0.1, 0.15) is 79.6 Å². The van der Waals surface area contributed by atoms with Gasteiger partial charge in [0.1, 0.15) is 42.7 Å². The van der Waals surface area contributed by atoms with Crippen molar-refractivity contribution in [3.8, 4) is 0 Å². The second-order valence-corrected chi connectivity index (χ2v) is 18.6. The van der Waals surface area contributed by atoms with E-state index in [1.54, 1.807) is 0 Å². The SMILES string of the molecule is C=C1CO[C@@]2(O[C@H]3C[C@H]4[C@@H]5CC=C6C[C@@H](O)C[C@@H](O[C@@H]7O[C@H](CO)[C@H](O)[C@H](O)[C@H]7O[C@@H]7O[C@@H](C)[C@H](OC(C)=O)[C@@H](O)[C@H]7O)[C@]6(C)[C@H]5CC[C@]4(C)[C@H]3[C@@H]2C)[C@@H](O)C1. The van der Waals surface area contributed by atoms with E-state index < -0.39 is 104 Å². The highest BCUT2D eigenvalue weighted by atomic mass is 16.8. The van der Waals surface area contributed by atoms with Crippen molar-refractivity contribution >= 4 is 5.97 Å². The van der Waals surface area contributed by atoms with Crippen LogP contribution in [0, 0.1) is 40.4 Å². The fourth-order valence-corrected chi connectivity index (χ4v) is 12.9. The normalized spacial score (nSPS) is 55.5. The fourth-order valence-electron chi connectivity index (χ4n) is 12.9. The molecule has 4 saturated heterocycles. The van der Waals surface area contributed by atoms with E-state index in [0.29, 0.717) is 25.4 Å². The number of carbonyl (C=O) groups is 1. The highest BCUT2D eigenvalue weighted by Gasteiger charge is 2.71. The molecule has 0 aromatic heterocycles. The van der Waals surface area contributed by atoms with Gasteiger partial charge in [-0.25, -0.2) is 0 Å². The van der Waals surface area contributed by atoms with E-state index in [-0.39, 0.29) is 41.6 Å². The van der Waals surface area contributed by atoms with Gasteiger partial charge in [-0.05, 0) is 73.7 Å². The number of hydrogen-bond acceptors (Lipinski definition) is 15. The molecule has 4 aliphatic carbocycles. The fraction of sp³-hybridized carbons (Fsp3) is 0.878. The highest BCUT2D eigenvalue weighted by Crippen LogP contribution is 2.71. The van der Waals surface area contributed by atoms with Crippen LogP contribution >= 0.6 is 0 Å². The summed E-state index contributed by atoms with van der Waals surface area (Å²) < 4.78 is 43.2. The Bertz CT molecular complexity index is 1540. The number of rotatable bonds is 6. The van der Waals surface area contributed by atoms with Gasteiger partial charge >= 0.3 is 5.97 Å². The number of allylic oxidation sites excluding steroid dienone is 1. The van der Waals surface area contributed by atoms with Crippen LogP contribution in [-0.2, 0) is 38.0 Å². The third-order valence-electron chi connectivity index (χ3n) is 15.7. The first kappa shape index (κ1) is 41.2. The van der Waals surface area contributed by atoms with Crippen LogP contribution in [0.3, 0.4) is 0 Å². The van der Waals surface area contributed by atoms with Crippen LogP contribution in [0.15, 0.2) is 23.8 Å². The van der Waals surface area contributed by atoms with Crippen molar-refractivity contribution in [3.05, 3.63) is 23.8 Å². The van der Waals surface area contributed by atoms with Gasteiger partial charge in [-0.2, -0.15) is 0 Å². The third kappa shape index (κ3) is 6.29. The molecule has 1 spiro atoms. The van der Waals surface area contributed by atoms with E-state index in [2.05, 4.69) is 33.4 Å². The lowest BCUT2D eigenvalue weighted by Crippen LogP contribution is -2.65. The van der Waals surface area contributed by atoms with Crippen molar-refractivity contribution in [1.29, 1.82) is 0 Å². The first-order valence-electron chi connectivity index (χ1n) is 20.6. The predicted molar refractivity (Wildman–Crippen MR) is 194 cm³/mol. The molecule has 22 atom stereocenters. The molecule has 4 aliphatic heterocycles. The molecule has 316 valence electrons. The van der Waals surface area contributed by atoms with Gasteiger partial charge in [-0.3, -0.25) is 4.79 Å². The third-order valence-corrected chi connectivity index (χ3v) is 15.7. The van der Waals surface area contributed by atoms with Crippen LogP contribution in [-0.4, -0.2) is 147 Å². The Hall–Kier alpha value is -1.57. The van der Waals surface area contributed by atoms with E-state index in [4.69, 9.17) is 33.2 Å². The number of aliphatic hydroxyl groups is 7. The molecule has 15 heteroatoms. The van der Waals surface area contributed by atoms with Gasteiger partial charge in [-0.15, -0.1) is 0 Å². The summed E-state index contributed by atoms with van der Waals surface area (Å²) in [5, 5.41) is 76.9. The second kappa shape index (κ2) is 14.9. The van der Waals surface area contributed by atoms with Crippen molar-refractivity contribution in [2.75, 3.05) is 13.2 Å². The number of ether oxygens (including phenoxy) is 7. The molecule has 0 amide bonds. The number of carbonyl (C=O) groups excluding carboxylic acids is 1. The maximum atomic E-state index is 11.7. The highest BCUT2D eigenvalue weighted by molar-refractivity contribution is 5.66. The minimum absolute atomic E-state index is 0.0155. The molecule has 56 heavy (non-hydrogen) atoms. The Kier molecular flexibility index (Phi) is 10.9. The lowest BCUT2D eigenvalue weighted by molar-refractivity contribution is -0.374. The van der Waals surface area contributed by atoms with Crippen LogP contribution in [0.5, 0.6) is 0 Å². The summed E-state index contributed by atoms with van der Waals surface area (Å²) >= 11 is 0. The van der Waals surface area contributed by atoms with E-state index in [9.17, 15) is 40.5 Å². The maximum absolute atomic E-state index is 11.7. The zero-order valence-corrected chi connectivity index (χ0v) is 33.0. The molecule has 7 fully saturated rings. The predicted octanol–water partition coefficient (Wildman–Crippen LogP) is 0.822. The Morgan fingerprint density at radius 2 is 1.66 bits per heavy atom. The summed E-state index contributed by atoms with van der Waals surface area (Å²) in [5.41, 5.74) is 1.34. The number of fused-ring (bicyclic) bond motifs is 7. The molecule has 0 aromatic rings. The average Bonchev–Trinajstić information content (AvgIpc) is 3.60. The monoisotopic (exact) mass is 794 g/mol. The van der Waals surface area contributed by atoms with Crippen molar-refractivity contribution in [2.24, 2.45) is 40.4 Å². The second-order valence-electron chi connectivity index (χ2n) is 18.6. The van der Waals surface area contributed by atoms with Gasteiger partial charge in [0.15, 0.2) is 24.5 Å². The molecule has 0 bridgehead atoms. The van der Waals surface area contributed by atoms with Gasteiger partial charge in [0, 0.05) is 31.1 Å². The van der Waals surface area contributed by atoms with Crippen molar-refractivity contribution in [1.82, 2.24) is 0 Å². The van der Waals surface area contributed by atoms with Crippen molar-refractivity contribution < 1.29 is 73.7 Å². The topological polar surface area (TPSA) is 223 Å². The van der Waals surface area contributed by atoms with Crippen LogP contribution < -0.4 is 0 Å². The molecular weight excluding hydrogens is 732 g/mol. The van der Waals surface area contributed by atoms with Gasteiger partial charge < -0.3 is 68.9 Å². The molecule has 0 aromatic carbocycles. The van der Waals surface area contributed by atoms with Gasteiger partial charge in [0.05, 0.1) is 37.6 Å². The van der Waals surface area contributed by atoms with Crippen molar-refractivity contribution in [3.63, 3.8) is 0 Å². The van der Waals surface area contributed by atoms with E-state index >= 15 is 0 Å². The number of hydrogen-bond donors (Lipinski definition) is 7. The van der Waals surface area contributed by atoms with E-state index in [0.717, 1.165) is 36.8 Å². The molecular formula is C41H62O15. The zero-order chi connectivity index (χ0) is 40.2. The molecule has 8 rings (SSSR count). The average molecular weight is 795 g/mol. The Labute approximate surface area is 327 Å². The van der Waals surface area contributed by atoms with Gasteiger partial charge in [0.25, 0.3) is 0 Å². The molecule has 8 aliphatic rings. The molecule has 3 saturated carbocycles. The van der Waals surface area contributed by atoms with Crippen LogP contribution in [0.25, 0.3) is 0 Å². The summed E-state index contributed by atoms with van der Waals surface area (Å²) in [5.74, 6) is -0.768. The summed E-state index contributed by atoms with van der Waals surface area (Å²) in [6.45, 7) is 13.2. The smallest absolute Gasteiger partial charge is 0.303 e. The lowest BCUT2D eigenvalue weighted by atomic mass is 9.46. The Morgan fingerprint density at radius 3 is 2.36 bits per heavy atom. The molecule has 0 unspecified atom stereocenters. The molecule has 0 radical (unpaired) electrons. The van der Waals surface area contributed by atoms with Gasteiger partial charge in [0.2, 0.25) is 0 Å². The van der Waals surface area contributed by atoms with E-state index in [1.807, 2.05) is 0 Å². The maximum Gasteiger partial charge on any atom is 0.303 e.